The van der Waals surface area contributed by atoms with Gasteiger partial charge in [0, 0.05) is 16.0 Å². The van der Waals surface area contributed by atoms with Crippen molar-refractivity contribution in [3.8, 4) is 22.6 Å². The van der Waals surface area contributed by atoms with E-state index < -0.39 is 0 Å². The molecule has 1 heterocycles. The van der Waals surface area contributed by atoms with Crippen LogP contribution in [0, 0.1) is 0 Å². The molecule has 0 radical (unpaired) electrons. The van der Waals surface area contributed by atoms with Crippen LogP contribution in [0.25, 0.3) is 44.5 Å². The number of halogens is 1. The molecule has 0 atom stereocenters. The zero-order chi connectivity index (χ0) is 17.5. The Hall–Kier alpha value is -3.10. The highest BCUT2D eigenvalue weighted by atomic mass is 35.5. The second-order valence-corrected chi connectivity index (χ2v) is 6.68. The van der Waals surface area contributed by atoms with E-state index in [1.807, 2.05) is 60.7 Å². The summed E-state index contributed by atoms with van der Waals surface area (Å²) in [5.74, 6) is 0.618. The fourth-order valence-corrected chi connectivity index (χ4v) is 3.41. The quantitative estimate of drug-likeness (QED) is 0.342. The number of oxazole rings is 1. The summed E-state index contributed by atoms with van der Waals surface area (Å²) in [7, 11) is 0. The Bertz CT molecular complexity index is 1220. The van der Waals surface area contributed by atoms with Gasteiger partial charge < -0.3 is 4.42 Å². The molecule has 0 aliphatic rings. The van der Waals surface area contributed by atoms with E-state index in [1.54, 1.807) is 0 Å². The maximum atomic E-state index is 6.16. The molecule has 0 spiro atoms. The molecule has 1 aromatic heterocycles. The fourth-order valence-electron chi connectivity index (χ4n) is 3.24. The van der Waals surface area contributed by atoms with Crippen LogP contribution in [0.15, 0.2) is 89.3 Å². The maximum Gasteiger partial charge on any atom is 0.227 e. The van der Waals surface area contributed by atoms with Gasteiger partial charge in [0.25, 0.3) is 0 Å². The molecule has 0 saturated heterocycles. The zero-order valence-electron chi connectivity index (χ0n) is 13.8. The highest BCUT2D eigenvalue weighted by Crippen LogP contribution is 2.32. The first-order valence-electron chi connectivity index (χ1n) is 8.43. The number of benzene rings is 4. The number of hydrogen-bond acceptors (Lipinski definition) is 2. The molecule has 124 valence electrons. The summed E-state index contributed by atoms with van der Waals surface area (Å²) in [4.78, 5) is 4.66. The van der Waals surface area contributed by atoms with Crippen molar-refractivity contribution in [2.75, 3.05) is 0 Å². The predicted molar refractivity (Wildman–Crippen MR) is 107 cm³/mol. The van der Waals surface area contributed by atoms with E-state index in [1.165, 1.54) is 11.1 Å². The molecule has 0 aliphatic heterocycles. The van der Waals surface area contributed by atoms with E-state index in [9.17, 15) is 0 Å². The molecule has 0 saturated carbocycles. The topological polar surface area (TPSA) is 26.0 Å². The fraction of sp³-hybridized carbons (Fsp3) is 0. The van der Waals surface area contributed by atoms with Gasteiger partial charge in [-0.15, -0.1) is 0 Å². The summed E-state index contributed by atoms with van der Waals surface area (Å²) >= 11 is 6.16. The summed E-state index contributed by atoms with van der Waals surface area (Å²) in [6, 6.07) is 28.4. The molecule has 4 aromatic carbocycles. The normalized spacial score (nSPS) is 11.3. The first kappa shape index (κ1) is 15.2. The molecule has 26 heavy (non-hydrogen) atoms. The molecule has 0 unspecified atom stereocenters. The Labute approximate surface area is 155 Å². The van der Waals surface area contributed by atoms with Crippen molar-refractivity contribution in [3.63, 3.8) is 0 Å². The van der Waals surface area contributed by atoms with Gasteiger partial charge in [-0.2, -0.15) is 0 Å². The van der Waals surface area contributed by atoms with E-state index in [4.69, 9.17) is 16.0 Å². The number of rotatable bonds is 2. The van der Waals surface area contributed by atoms with E-state index >= 15 is 0 Å². The molecule has 5 rings (SSSR count). The van der Waals surface area contributed by atoms with E-state index in [0.717, 1.165) is 27.4 Å². The molecular weight excluding hydrogens is 342 g/mol. The van der Waals surface area contributed by atoms with E-state index in [0.29, 0.717) is 10.9 Å². The second-order valence-electron chi connectivity index (χ2n) is 6.24. The molecular formula is C23H14ClNO. The van der Waals surface area contributed by atoms with Gasteiger partial charge in [-0.3, -0.25) is 0 Å². The van der Waals surface area contributed by atoms with Crippen LogP contribution >= 0.6 is 11.6 Å². The number of hydrogen-bond donors (Lipinski definition) is 0. The molecule has 0 fully saturated rings. The van der Waals surface area contributed by atoms with Gasteiger partial charge in [-0.1, -0.05) is 66.2 Å². The molecule has 0 bridgehead atoms. The summed E-state index contributed by atoms with van der Waals surface area (Å²) < 4.78 is 6.10. The molecule has 0 aliphatic carbocycles. The summed E-state index contributed by atoms with van der Waals surface area (Å²) in [6.07, 6.45) is 0. The van der Waals surface area contributed by atoms with Crippen molar-refractivity contribution >= 4 is 33.5 Å². The molecule has 3 heteroatoms. The van der Waals surface area contributed by atoms with E-state index in [2.05, 4.69) is 29.2 Å². The smallest absolute Gasteiger partial charge is 0.227 e. The highest BCUT2D eigenvalue weighted by Gasteiger charge is 2.11. The Morgan fingerprint density at radius 1 is 0.692 bits per heavy atom. The minimum atomic E-state index is 0.618. The summed E-state index contributed by atoms with van der Waals surface area (Å²) in [5.41, 5.74) is 4.92. The standard InChI is InChI=1S/C23H14ClNO/c24-19-12-10-17-11-13-21-22(20(17)14-19)26-23(25-21)18-8-6-16(7-9-18)15-4-2-1-3-5-15/h1-14H. The van der Waals surface area contributed by atoms with Crippen LogP contribution in [0.5, 0.6) is 0 Å². The zero-order valence-corrected chi connectivity index (χ0v) is 14.6. The Balaban J connectivity index is 1.61. The summed E-state index contributed by atoms with van der Waals surface area (Å²) in [5, 5.41) is 2.76. The van der Waals surface area contributed by atoms with Crippen LogP contribution in [0.1, 0.15) is 0 Å². The van der Waals surface area contributed by atoms with Gasteiger partial charge in [0.1, 0.15) is 5.52 Å². The number of nitrogens with zero attached hydrogens (tertiary/aromatic N) is 1. The Kier molecular flexibility index (Phi) is 3.51. The first-order valence-corrected chi connectivity index (χ1v) is 8.80. The Morgan fingerprint density at radius 2 is 1.38 bits per heavy atom. The van der Waals surface area contributed by atoms with Crippen molar-refractivity contribution in [1.82, 2.24) is 4.98 Å². The molecule has 0 N–H and O–H groups in total. The van der Waals surface area contributed by atoms with Crippen LogP contribution in [0.2, 0.25) is 5.02 Å². The van der Waals surface area contributed by atoms with Gasteiger partial charge >= 0.3 is 0 Å². The third-order valence-electron chi connectivity index (χ3n) is 4.57. The largest absolute Gasteiger partial charge is 0.435 e. The number of aromatic nitrogens is 1. The van der Waals surface area contributed by atoms with Crippen LogP contribution in [-0.2, 0) is 0 Å². The maximum absolute atomic E-state index is 6.16. The van der Waals surface area contributed by atoms with Gasteiger partial charge in [0.05, 0.1) is 0 Å². The van der Waals surface area contributed by atoms with E-state index in [-0.39, 0.29) is 0 Å². The minimum Gasteiger partial charge on any atom is -0.435 e. The minimum absolute atomic E-state index is 0.618. The van der Waals surface area contributed by atoms with Crippen LogP contribution in [0.4, 0.5) is 0 Å². The highest BCUT2D eigenvalue weighted by molar-refractivity contribution is 6.31. The predicted octanol–water partition coefficient (Wildman–Crippen LogP) is 6.97. The van der Waals surface area contributed by atoms with Crippen molar-refractivity contribution in [1.29, 1.82) is 0 Å². The second kappa shape index (κ2) is 6.01. The van der Waals surface area contributed by atoms with Crippen molar-refractivity contribution in [2.24, 2.45) is 0 Å². The average Bonchev–Trinajstić information content (AvgIpc) is 3.14. The summed E-state index contributed by atoms with van der Waals surface area (Å²) in [6.45, 7) is 0. The molecule has 2 nitrogen and oxygen atoms in total. The van der Waals surface area contributed by atoms with Gasteiger partial charge in [0.15, 0.2) is 5.58 Å². The van der Waals surface area contributed by atoms with Crippen LogP contribution in [0.3, 0.4) is 0 Å². The lowest BCUT2D eigenvalue weighted by molar-refractivity contribution is 0.623. The van der Waals surface area contributed by atoms with Crippen molar-refractivity contribution in [3.05, 3.63) is 90.0 Å². The van der Waals surface area contributed by atoms with Crippen molar-refractivity contribution in [2.45, 2.75) is 0 Å². The average molecular weight is 356 g/mol. The Morgan fingerprint density at radius 3 is 2.19 bits per heavy atom. The van der Waals surface area contributed by atoms with Crippen molar-refractivity contribution < 1.29 is 4.42 Å². The van der Waals surface area contributed by atoms with Gasteiger partial charge in [-0.25, -0.2) is 4.98 Å². The van der Waals surface area contributed by atoms with Gasteiger partial charge in [-0.05, 0) is 46.8 Å². The van der Waals surface area contributed by atoms with Crippen LogP contribution in [-0.4, -0.2) is 4.98 Å². The monoisotopic (exact) mass is 355 g/mol. The molecule has 0 amide bonds. The third-order valence-corrected chi connectivity index (χ3v) is 4.81. The third kappa shape index (κ3) is 2.56. The first-order chi connectivity index (χ1) is 12.8. The number of fused-ring (bicyclic) bond motifs is 3. The molecule has 5 aromatic rings. The van der Waals surface area contributed by atoms with Gasteiger partial charge in [0.2, 0.25) is 5.89 Å². The lowest BCUT2D eigenvalue weighted by Gasteiger charge is -2.02. The van der Waals surface area contributed by atoms with Crippen LogP contribution < -0.4 is 0 Å². The lowest BCUT2D eigenvalue weighted by Crippen LogP contribution is -1.79. The SMILES string of the molecule is Clc1ccc2ccc3nc(-c4ccc(-c5ccccc5)cc4)oc3c2c1. The lowest BCUT2D eigenvalue weighted by atomic mass is 10.0.